The van der Waals surface area contributed by atoms with E-state index in [2.05, 4.69) is 0 Å². The van der Waals surface area contributed by atoms with Crippen LogP contribution >= 0.6 is 0 Å². The number of allylic oxidation sites excluding steroid dienone is 1. The molecular weight excluding hydrogens is 336 g/mol. The van der Waals surface area contributed by atoms with E-state index in [4.69, 9.17) is 18.9 Å². The zero-order valence-corrected chi connectivity index (χ0v) is 15.1. The predicted octanol–water partition coefficient (Wildman–Crippen LogP) is 3.53. The van der Waals surface area contributed by atoms with Crippen LogP contribution in [-0.4, -0.2) is 33.1 Å². The van der Waals surface area contributed by atoms with Crippen LogP contribution in [0.25, 0.3) is 6.08 Å². The lowest BCUT2D eigenvalue weighted by molar-refractivity contribution is -0.131. The smallest absolute Gasteiger partial charge is 0.308 e. The van der Waals surface area contributed by atoms with Crippen LogP contribution in [0.5, 0.6) is 23.0 Å². The largest absolute Gasteiger partial charge is 0.497 e. The van der Waals surface area contributed by atoms with Crippen LogP contribution in [0.2, 0.25) is 0 Å². The Kier molecular flexibility index (Phi) is 6.38. The summed E-state index contributed by atoms with van der Waals surface area (Å²) < 4.78 is 20.7. The van der Waals surface area contributed by atoms with Crippen molar-refractivity contribution in [1.82, 2.24) is 0 Å². The lowest BCUT2D eigenvalue weighted by atomic mass is 10.1. The lowest BCUT2D eigenvalue weighted by Gasteiger charge is -2.13. The highest BCUT2D eigenvalue weighted by Gasteiger charge is 2.20. The van der Waals surface area contributed by atoms with Crippen molar-refractivity contribution in [1.29, 1.82) is 0 Å². The number of hydrogen-bond acceptors (Lipinski definition) is 6. The molecule has 26 heavy (non-hydrogen) atoms. The fourth-order valence-electron chi connectivity index (χ4n) is 2.29. The van der Waals surface area contributed by atoms with Crippen molar-refractivity contribution < 1.29 is 28.5 Å². The van der Waals surface area contributed by atoms with E-state index < -0.39 is 5.97 Å². The van der Waals surface area contributed by atoms with Crippen LogP contribution in [0.1, 0.15) is 22.8 Å². The standard InChI is InChI=1S/C20H20O6/c1-13(21)26-19-12-16(24-3)11-18(25-4)20(19)17(22)10-7-14-5-8-15(23-2)9-6-14/h5-12H,1-4H3/b10-7+. The van der Waals surface area contributed by atoms with Crippen LogP contribution in [0.4, 0.5) is 0 Å². The maximum absolute atomic E-state index is 12.7. The summed E-state index contributed by atoms with van der Waals surface area (Å²) in [5.41, 5.74) is 0.967. The SMILES string of the molecule is COc1ccc(/C=C/C(=O)c2c(OC)cc(OC)cc2OC(C)=O)cc1. The van der Waals surface area contributed by atoms with E-state index in [-0.39, 0.29) is 22.8 Å². The number of carbonyl (C=O) groups is 2. The second-order valence-corrected chi connectivity index (χ2v) is 5.27. The van der Waals surface area contributed by atoms with E-state index in [1.165, 1.54) is 33.3 Å². The maximum Gasteiger partial charge on any atom is 0.308 e. The van der Waals surface area contributed by atoms with Crippen LogP contribution in [0, 0.1) is 0 Å². The van der Waals surface area contributed by atoms with Gasteiger partial charge in [-0.3, -0.25) is 9.59 Å². The molecule has 6 heteroatoms. The first-order valence-corrected chi connectivity index (χ1v) is 7.79. The van der Waals surface area contributed by atoms with E-state index in [1.807, 2.05) is 12.1 Å². The van der Waals surface area contributed by atoms with Crippen molar-refractivity contribution >= 4 is 17.8 Å². The first kappa shape index (κ1) is 19.1. The number of hydrogen-bond donors (Lipinski definition) is 0. The summed E-state index contributed by atoms with van der Waals surface area (Å²) in [4.78, 5) is 24.1. The van der Waals surface area contributed by atoms with Gasteiger partial charge in [0.05, 0.1) is 21.3 Å². The highest BCUT2D eigenvalue weighted by molar-refractivity contribution is 6.11. The number of methoxy groups -OCH3 is 3. The zero-order valence-electron chi connectivity index (χ0n) is 15.1. The summed E-state index contributed by atoms with van der Waals surface area (Å²) >= 11 is 0. The first-order chi connectivity index (χ1) is 12.5. The fraction of sp³-hybridized carbons (Fsp3) is 0.200. The van der Waals surface area contributed by atoms with Gasteiger partial charge < -0.3 is 18.9 Å². The molecule has 0 heterocycles. The lowest BCUT2D eigenvalue weighted by Crippen LogP contribution is -2.08. The highest BCUT2D eigenvalue weighted by Crippen LogP contribution is 2.35. The van der Waals surface area contributed by atoms with Gasteiger partial charge in [0.2, 0.25) is 0 Å². The Morgan fingerprint density at radius 1 is 0.846 bits per heavy atom. The van der Waals surface area contributed by atoms with Gasteiger partial charge in [-0.1, -0.05) is 18.2 Å². The van der Waals surface area contributed by atoms with Gasteiger partial charge in [-0.15, -0.1) is 0 Å². The Morgan fingerprint density at radius 3 is 2.00 bits per heavy atom. The number of rotatable bonds is 7. The third-order valence-electron chi connectivity index (χ3n) is 3.54. The maximum atomic E-state index is 12.7. The average Bonchev–Trinajstić information content (AvgIpc) is 2.65. The molecule has 0 aliphatic rings. The molecule has 6 nitrogen and oxygen atoms in total. The molecule has 0 amide bonds. The van der Waals surface area contributed by atoms with Crippen LogP contribution in [-0.2, 0) is 4.79 Å². The summed E-state index contributed by atoms with van der Waals surface area (Å²) in [7, 11) is 4.48. The van der Waals surface area contributed by atoms with Gasteiger partial charge in [0, 0.05) is 19.1 Å². The molecule has 0 fully saturated rings. The van der Waals surface area contributed by atoms with E-state index in [9.17, 15) is 9.59 Å². The molecule has 0 aliphatic heterocycles. The van der Waals surface area contributed by atoms with Gasteiger partial charge >= 0.3 is 5.97 Å². The van der Waals surface area contributed by atoms with Gasteiger partial charge in [0.1, 0.15) is 28.6 Å². The van der Waals surface area contributed by atoms with Gasteiger partial charge in [-0.2, -0.15) is 0 Å². The van der Waals surface area contributed by atoms with Gasteiger partial charge in [0.25, 0.3) is 0 Å². The van der Waals surface area contributed by atoms with Crippen molar-refractivity contribution in [3.05, 3.63) is 53.6 Å². The fourth-order valence-corrected chi connectivity index (χ4v) is 2.29. The summed E-state index contributed by atoms with van der Waals surface area (Å²) in [5.74, 6) is 0.560. The molecule has 0 aromatic heterocycles. The van der Waals surface area contributed by atoms with Crippen LogP contribution < -0.4 is 18.9 Å². The first-order valence-electron chi connectivity index (χ1n) is 7.79. The Balaban J connectivity index is 2.38. The van der Waals surface area contributed by atoms with Crippen molar-refractivity contribution in [2.24, 2.45) is 0 Å². The number of benzene rings is 2. The summed E-state index contributed by atoms with van der Waals surface area (Å²) in [6.45, 7) is 1.26. The normalized spacial score (nSPS) is 10.5. The van der Waals surface area contributed by atoms with Crippen LogP contribution in [0.3, 0.4) is 0 Å². The molecule has 0 N–H and O–H groups in total. The van der Waals surface area contributed by atoms with Crippen molar-refractivity contribution in [3.63, 3.8) is 0 Å². The second kappa shape index (κ2) is 8.71. The minimum Gasteiger partial charge on any atom is -0.497 e. The molecule has 2 aromatic carbocycles. The molecule has 0 unspecified atom stereocenters. The molecule has 0 aliphatic carbocycles. The Labute approximate surface area is 151 Å². The molecule has 0 saturated heterocycles. The molecule has 2 aromatic rings. The van der Waals surface area contributed by atoms with Crippen molar-refractivity contribution in [3.8, 4) is 23.0 Å². The number of carbonyl (C=O) groups excluding carboxylic acids is 2. The Morgan fingerprint density at radius 2 is 1.46 bits per heavy atom. The van der Waals surface area contributed by atoms with Gasteiger partial charge in [0.15, 0.2) is 5.78 Å². The van der Waals surface area contributed by atoms with E-state index in [0.29, 0.717) is 5.75 Å². The highest BCUT2D eigenvalue weighted by atomic mass is 16.5. The topological polar surface area (TPSA) is 71.1 Å². The molecule has 0 saturated carbocycles. The Bertz CT molecular complexity index is 821. The predicted molar refractivity (Wildman–Crippen MR) is 97.2 cm³/mol. The minimum atomic E-state index is -0.548. The third kappa shape index (κ3) is 4.63. The monoisotopic (exact) mass is 356 g/mol. The zero-order chi connectivity index (χ0) is 19.1. The minimum absolute atomic E-state index is 0.0816. The molecule has 0 bridgehead atoms. The van der Waals surface area contributed by atoms with Crippen LogP contribution in [0.15, 0.2) is 42.5 Å². The number of esters is 1. The third-order valence-corrected chi connectivity index (χ3v) is 3.54. The summed E-state index contributed by atoms with van der Waals surface area (Å²) in [5, 5.41) is 0. The molecule has 136 valence electrons. The quantitative estimate of drug-likeness (QED) is 0.327. The van der Waals surface area contributed by atoms with E-state index in [1.54, 1.807) is 31.4 Å². The molecule has 0 radical (unpaired) electrons. The molecule has 2 rings (SSSR count). The molecule has 0 atom stereocenters. The number of ketones is 1. The summed E-state index contributed by atoms with van der Waals surface area (Å²) in [6, 6.07) is 10.3. The van der Waals surface area contributed by atoms with Gasteiger partial charge in [-0.05, 0) is 23.8 Å². The van der Waals surface area contributed by atoms with E-state index in [0.717, 1.165) is 11.3 Å². The van der Waals surface area contributed by atoms with E-state index >= 15 is 0 Å². The van der Waals surface area contributed by atoms with Gasteiger partial charge in [-0.25, -0.2) is 0 Å². The Hall–Kier alpha value is -3.28. The number of ether oxygens (including phenoxy) is 4. The average molecular weight is 356 g/mol. The second-order valence-electron chi connectivity index (χ2n) is 5.27. The van der Waals surface area contributed by atoms with Crippen molar-refractivity contribution in [2.45, 2.75) is 6.92 Å². The molecule has 0 spiro atoms. The molecular formula is C20H20O6. The van der Waals surface area contributed by atoms with Crippen molar-refractivity contribution in [2.75, 3.05) is 21.3 Å². The summed E-state index contributed by atoms with van der Waals surface area (Å²) in [6.07, 6.45) is 3.04.